The zero-order valence-corrected chi connectivity index (χ0v) is 6.46. The molecule has 0 fully saturated rings. The van der Waals surface area contributed by atoms with Crippen LogP contribution in [0, 0.1) is 0 Å². The van der Waals surface area contributed by atoms with E-state index in [0.29, 0.717) is 0 Å². The number of hydrogen-bond donors (Lipinski definition) is 0. The van der Waals surface area contributed by atoms with Crippen LogP contribution in [0.2, 0.25) is 0 Å². The first-order valence-corrected chi connectivity index (χ1v) is 3.06. The Kier molecular flexibility index (Phi) is 5.10. The summed E-state index contributed by atoms with van der Waals surface area (Å²) in [6.07, 6.45) is 0. The zero-order chi connectivity index (χ0) is 8.69. The highest BCUT2D eigenvalue weighted by Gasteiger charge is 1.95. The lowest BCUT2D eigenvalue weighted by Gasteiger charge is -2.00. The van der Waals surface area contributed by atoms with E-state index in [1.807, 2.05) is 0 Å². The minimum Gasteiger partial charge on any atom is -0.463 e. The molecule has 0 amide bonds. The predicted octanol–water partition coefficient (Wildman–Crippen LogP) is 0.0442. The number of hydrogen-bond acceptors (Lipinski definition) is 5. The highest BCUT2D eigenvalue weighted by molar-refractivity contribution is 5.66. The van der Waals surface area contributed by atoms with E-state index < -0.39 is 11.9 Å². The Morgan fingerprint density at radius 2 is 1.73 bits per heavy atom. The van der Waals surface area contributed by atoms with Crippen LogP contribution in [0.3, 0.4) is 0 Å². The molecule has 64 valence electrons. The molecule has 0 N–H and O–H groups in total. The Morgan fingerprint density at radius 1 is 1.09 bits per heavy atom. The van der Waals surface area contributed by atoms with Crippen LogP contribution in [0.4, 0.5) is 0 Å². The third-order valence-electron chi connectivity index (χ3n) is 0.648. The Labute approximate surface area is 64.2 Å². The summed E-state index contributed by atoms with van der Waals surface area (Å²) >= 11 is 0. The van der Waals surface area contributed by atoms with Crippen molar-refractivity contribution in [1.82, 2.24) is 0 Å². The molecule has 0 heterocycles. The van der Waals surface area contributed by atoms with Gasteiger partial charge in [-0.05, 0) is 0 Å². The van der Waals surface area contributed by atoms with E-state index >= 15 is 0 Å². The van der Waals surface area contributed by atoms with Crippen molar-refractivity contribution in [3.05, 3.63) is 0 Å². The Bertz CT molecular complexity index is 126. The van der Waals surface area contributed by atoms with Crippen LogP contribution in [0.25, 0.3) is 0 Å². The minimum atomic E-state index is -0.534. The number of rotatable bonds is 4. The van der Waals surface area contributed by atoms with Gasteiger partial charge in [0.1, 0.15) is 13.2 Å². The molecule has 0 radical (unpaired) electrons. The predicted molar refractivity (Wildman–Crippen MR) is 34.4 cm³/mol. The van der Waals surface area contributed by atoms with Crippen LogP contribution in [-0.4, -0.2) is 25.2 Å². The monoisotopic (exact) mass is 162 g/mol. The van der Waals surface area contributed by atoms with Crippen LogP contribution in [0.5, 0.6) is 0 Å². The topological polar surface area (TPSA) is 61.8 Å². The first-order chi connectivity index (χ1) is 5.13. The molecule has 0 rings (SSSR count). The Balaban J connectivity index is 3.03. The van der Waals surface area contributed by atoms with E-state index in [1.165, 1.54) is 13.8 Å². The first kappa shape index (κ1) is 9.90. The van der Waals surface area contributed by atoms with Crippen molar-refractivity contribution in [2.45, 2.75) is 13.8 Å². The molecule has 0 atom stereocenters. The molecule has 5 nitrogen and oxygen atoms in total. The summed E-state index contributed by atoms with van der Waals surface area (Å²) < 4.78 is 4.47. The highest BCUT2D eigenvalue weighted by Crippen LogP contribution is 1.81. The van der Waals surface area contributed by atoms with Gasteiger partial charge in [-0.25, -0.2) is 4.79 Å². The SMILES string of the molecule is CC(=O)OCCOOC(C)=O. The van der Waals surface area contributed by atoms with E-state index in [0.717, 1.165) is 0 Å². The second-order valence-electron chi connectivity index (χ2n) is 1.74. The lowest BCUT2D eigenvalue weighted by Crippen LogP contribution is -2.09. The normalized spacial score (nSPS) is 8.91. The number of carbonyl (C=O) groups is 2. The molecule has 0 aromatic heterocycles. The molecule has 0 aromatic carbocycles. The standard InChI is InChI=1S/C6H10O5/c1-5(7)9-3-4-10-11-6(2)8/h3-4H2,1-2H3. The smallest absolute Gasteiger partial charge is 0.339 e. The van der Waals surface area contributed by atoms with Gasteiger partial charge in [-0.2, -0.15) is 4.89 Å². The van der Waals surface area contributed by atoms with E-state index in [-0.39, 0.29) is 13.2 Å². The molecular weight excluding hydrogens is 152 g/mol. The van der Waals surface area contributed by atoms with Crippen molar-refractivity contribution in [1.29, 1.82) is 0 Å². The maximum atomic E-state index is 10.2. The molecule has 0 spiro atoms. The molecule has 0 aliphatic carbocycles. The molecule has 0 saturated carbocycles. The van der Waals surface area contributed by atoms with Crippen LogP contribution in [-0.2, 0) is 24.1 Å². The van der Waals surface area contributed by atoms with Crippen molar-refractivity contribution in [3.8, 4) is 0 Å². The van der Waals surface area contributed by atoms with Crippen LogP contribution in [0.15, 0.2) is 0 Å². The van der Waals surface area contributed by atoms with E-state index in [4.69, 9.17) is 0 Å². The molecular formula is C6H10O5. The van der Waals surface area contributed by atoms with Gasteiger partial charge in [-0.3, -0.25) is 9.68 Å². The van der Waals surface area contributed by atoms with E-state index in [9.17, 15) is 9.59 Å². The van der Waals surface area contributed by atoms with Gasteiger partial charge in [0.25, 0.3) is 0 Å². The van der Waals surface area contributed by atoms with Gasteiger partial charge in [0.05, 0.1) is 0 Å². The number of esters is 1. The molecule has 0 aromatic rings. The average Bonchev–Trinajstić information content (AvgIpc) is 1.85. The van der Waals surface area contributed by atoms with Gasteiger partial charge in [-0.15, -0.1) is 0 Å². The summed E-state index contributed by atoms with van der Waals surface area (Å²) in [6, 6.07) is 0. The number of carbonyl (C=O) groups excluding carboxylic acids is 2. The lowest BCUT2D eigenvalue weighted by molar-refractivity contribution is -0.273. The first-order valence-electron chi connectivity index (χ1n) is 3.06. The van der Waals surface area contributed by atoms with Crippen molar-refractivity contribution in [2.75, 3.05) is 13.2 Å². The fraction of sp³-hybridized carbons (Fsp3) is 0.667. The molecule has 0 aliphatic rings. The quantitative estimate of drug-likeness (QED) is 0.253. The van der Waals surface area contributed by atoms with Crippen LogP contribution in [0.1, 0.15) is 13.8 Å². The summed E-state index contributed by atoms with van der Waals surface area (Å²) in [5.41, 5.74) is 0. The molecule has 0 aliphatic heterocycles. The molecule has 0 saturated heterocycles. The van der Waals surface area contributed by atoms with Crippen molar-refractivity contribution in [3.63, 3.8) is 0 Å². The van der Waals surface area contributed by atoms with E-state index in [2.05, 4.69) is 14.5 Å². The van der Waals surface area contributed by atoms with Gasteiger partial charge in [0, 0.05) is 13.8 Å². The molecule has 0 unspecified atom stereocenters. The summed E-state index contributed by atoms with van der Waals surface area (Å²) in [7, 11) is 0. The van der Waals surface area contributed by atoms with Gasteiger partial charge in [-0.1, -0.05) is 0 Å². The fourth-order valence-corrected chi connectivity index (χ4v) is 0.344. The van der Waals surface area contributed by atoms with Crippen molar-refractivity contribution in [2.24, 2.45) is 0 Å². The lowest BCUT2D eigenvalue weighted by atomic mass is 10.7. The summed E-state index contributed by atoms with van der Waals surface area (Å²) in [5.74, 6) is -0.927. The Morgan fingerprint density at radius 3 is 2.18 bits per heavy atom. The molecule has 5 heteroatoms. The largest absolute Gasteiger partial charge is 0.463 e. The second kappa shape index (κ2) is 5.67. The average molecular weight is 162 g/mol. The zero-order valence-electron chi connectivity index (χ0n) is 6.46. The maximum Gasteiger partial charge on any atom is 0.339 e. The number of ether oxygens (including phenoxy) is 1. The van der Waals surface area contributed by atoms with Crippen LogP contribution >= 0.6 is 0 Å². The third kappa shape index (κ3) is 8.90. The Hall–Kier alpha value is -1.10. The van der Waals surface area contributed by atoms with Crippen molar-refractivity contribution >= 4 is 11.9 Å². The third-order valence-corrected chi connectivity index (χ3v) is 0.648. The van der Waals surface area contributed by atoms with Gasteiger partial charge >= 0.3 is 11.9 Å². The summed E-state index contributed by atoms with van der Waals surface area (Å²) in [4.78, 5) is 28.7. The van der Waals surface area contributed by atoms with Gasteiger partial charge in [0.2, 0.25) is 0 Å². The fourth-order valence-electron chi connectivity index (χ4n) is 0.344. The maximum absolute atomic E-state index is 10.2. The molecule has 11 heavy (non-hydrogen) atoms. The summed E-state index contributed by atoms with van der Waals surface area (Å²) in [6.45, 7) is 2.64. The second-order valence-corrected chi connectivity index (χ2v) is 1.74. The highest BCUT2D eigenvalue weighted by atomic mass is 17.2. The minimum absolute atomic E-state index is 0.0547. The van der Waals surface area contributed by atoms with Gasteiger partial charge in [0.15, 0.2) is 0 Å². The summed E-state index contributed by atoms with van der Waals surface area (Å²) in [5, 5.41) is 0. The van der Waals surface area contributed by atoms with Gasteiger partial charge < -0.3 is 4.74 Å². The van der Waals surface area contributed by atoms with Crippen molar-refractivity contribution < 1.29 is 24.1 Å². The molecule has 0 bridgehead atoms. The van der Waals surface area contributed by atoms with E-state index in [1.54, 1.807) is 0 Å². The van der Waals surface area contributed by atoms with Crippen LogP contribution < -0.4 is 0 Å².